The van der Waals surface area contributed by atoms with Crippen molar-refractivity contribution in [1.29, 1.82) is 0 Å². The molecule has 3 atom stereocenters. The van der Waals surface area contributed by atoms with E-state index < -0.39 is 10.0 Å². The van der Waals surface area contributed by atoms with E-state index >= 15 is 0 Å². The number of rotatable bonds is 5. The lowest BCUT2D eigenvalue weighted by Crippen LogP contribution is -2.37. The maximum Gasteiger partial charge on any atom is 0.245 e. The highest BCUT2D eigenvalue weighted by Gasteiger charge is 2.46. The minimum Gasteiger partial charge on any atom is -0.354 e. The Bertz CT molecular complexity index is 985. The summed E-state index contributed by atoms with van der Waals surface area (Å²) in [6, 6.07) is 8.71. The van der Waals surface area contributed by atoms with Crippen molar-refractivity contribution in [1.82, 2.24) is 19.4 Å². The summed E-state index contributed by atoms with van der Waals surface area (Å²) in [6.07, 6.45) is 2.90. The van der Waals surface area contributed by atoms with Gasteiger partial charge in [0.15, 0.2) is 0 Å². The summed E-state index contributed by atoms with van der Waals surface area (Å²) in [4.78, 5) is 11.7. The Morgan fingerprint density at radius 1 is 1.29 bits per heavy atom. The lowest BCUT2D eigenvalue weighted by Gasteiger charge is -2.19. The first-order valence-electron chi connectivity index (χ1n) is 9.05. The van der Waals surface area contributed by atoms with Gasteiger partial charge in [-0.1, -0.05) is 18.7 Å². The smallest absolute Gasteiger partial charge is 0.245 e. The third-order valence-corrected chi connectivity index (χ3v) is 7.15. The number of carbonyl (C=O) groups excluding carboxylic acids is 1. The van der Waals surface area contributed by atoms with E-state index in [1.54, 1.807) is 35.1 Å². The number of fused-ring (bicyclic) bond motifs is 1. The zero-order valence-corrected chi connectivity index (χ0v) is 16.3. The number of hydrogen-bond donors (Lipinski definition) is 1. The minimum absolute atomic E-state index is 0.0682. The molecule has 2 aliphatic rings. The van der Waals surface area contributed by atoms with Crippen LogP contribution in [0.3, 0.4) is 0 Å². The van der Waals surface area contributed by atoms with Crippen molar-refractivity contribution in [2.75, 3.05) is 13.1 Å². The van der Waals surface area contributed by atoms with Crippen LogP contribution in [0.15, 0.2) is 54.1 Å². The van der Waals surface area contributed by atoms with Crippen LogP contribution in [0.2, 0.25) is 0 Å². The number of sulfonamides is 1. The Balaban J connectivity index is 1.45. The quantitative estimate of drug-likeness (QED) is 0.757. The van der Waals surface area contributed by atoms with Crippen molar-refractivity contribution in [2.45, 2.75) is 23.6 Å². The number of carbonyl (C=O) groups is 1. The van der Waals surface area contributed by atoms with Crippen molar-refractivity contribution in [3.8, 4) is 11.3 Å². The summed E-state index contributed by atoms with van der Waals surface area (Å²) in [5, 5.41) is 6.85. The number of amides is 1. The molecule has 2 saturated heterocycles. The zero-order valence-electron chi connectivity index (χ0n) is 15.5. The van der Waals surface area contributed by atoms with E-state index in [-0.39, 0.29) is 35.6 Å². The van der Waals surface area contributed by atoms with Crippen molar-refractivity contribution in [3.05, 3.63) is 49.2 Å². The van der Waals surface area contributed by atoms with Crippen LogP contribution >= 0.6 is 0 Å². The van der Waals surface area contributed by atoms with Gasteiger partial charge in [0, 0.05) is 32.3 Å². The lowest BCUT2D eigenvalue weighted by molar-refractivity contribution is -0.120. The third kappa shape index (κ3) is 3.36. The third-order valence-electron chi connectivity index (χ3n) is 5.30. The van der Waals surface area contributed by atoms with Crippen LogP contribution in [0.4, 0.5) is 0 Å². The molecule has 1 aromatic heterocycles. The molecule has 0 bridgehead atoms. The number of nitrogens with one attached hydrogen (secondary N) is 1. The van der Waals surface area contributed by atoms with Crippen LogP contribution in [0.25, 0.3) is 11.3 Å². The van der Waals surface area contributed by atoms with Gasteiger partial charge in [-0.2, -0.15) is 9.40 Å². The summed E-state index contributed by atoms with van der Waals surface area (Å²) in [5.41, 5.74) is 1.82. The summed E-state index contributed by atoms with van der Waals surface area (Å²) < 4.78 is 35.0. The molecule has 3 unspecified atom stereocenters. The molecular weight excluding hydrogens is 380 g/mol. The highest BCUT2D eigenvalue weighted by atomic mass is 32.2. The van der Waals surface area contributed by atoms with E-state index in [0.717, 1.165) is 11.3 Å². The molecule has 9 heteroatoms. The predicted molar refractivity (Wildman–Crippen MR) is 103 cm³/mol. The molecule has 0 radical (unpaired) electrons. The molecule has 28 heavy (non-hydrogen) atoms. The second-order valence-electron chi connectivity index (χ2n) is 7.06. The summed E-state index contributed by atoms with van der Waals surface area (Å²) in [7, 11) is -1.75. The number of ether oxygens (including phenoxy) is 1. The first kappa shape index (κ1) is 18.9. The van der Waals surface area contributed by atoms with Gasteiger partial charge in [-0.3, -0.25) is 9.48 Å². The van der Waals surface area contributed by atoms with Gasteiger partial charge in [0.2, 0.25) is 15.9 Å². The van der Waals surface area contributed by atoms with Gasteiger partial charge in [0.1, 0.15) is 6.23 Å². The van der Waals surface area contributed by atoms with Gasteiger partial charge in [0.05, 0.1) is 16.7 Å². The van der Waals surface area contributed by atoms with Gasteiger partial charge in [-0.15, -0.1) is 0 Å². The second kappa shape index (κ2) is 7.16. The number of benzene rings is 1. The molecule has 2 aliphatic heterocycles. The fourth-order valence-electron chi connectivity index (χ4n) is 3.84. The van der Waals surface area contributed by atoms with Gasteiger partial charge in [-0.25, -0.2) is 8.42 Å². The summed E-state index contributed by atoms with van der Waals surface area (Å²) in [6.45, 7) is 4.09. The van der Waals surface area contributed by atoms with Crippen LogP contribution in [0, 0.1) is 5.92 Å². The Morgan fingerprint density at radius 2 is 2.04 bits per heavy atom. The Hall–Kier alpha value is -2.49. The van der Waals surface area contributed by atoms with Crippen molar-refractivity contribution < 1.29 is 17.9 Å². The highest BCUT2D eigenvalue weighted by Crippen LogP contribution is 2.35. The second-order valence-corrected chi connectivity index (χ2v) is 9.00. The molecule has 1 aromatic carbocycles. The van der Waals surface area contributed by atoms with Crippen LogP contribution in [0.1, 0.15) is 6.42 Å². The molecule has 1 N–H and O–H groups in total. The van der Waals surface area contributed by atoms with E-state index in [0.29, 0.717) is 13.0 Å². The van der Waals surface area contributed by atoms with Crippen molar-refractivity contribution in [3.63, 3.8) is 0 Å². The van der Waals surface area contributed by atoms with Gasteiger partial charge in [-0.05, 0) is 36.3 Å². The number of hydrogen-bond acceptors (Lipinski definition) is 5. The molecule has 0 aliphatic carbocycles. The molecule has 1 amide bonds. The van der Waals surface area contributed by atoms with Crippen LogP contribution in [0.5, 0.6) is 0 Å². The monoisotopic (exact) mass is 402 g/mol. The standard InChI is InChI=1S/C19H22N4O4S/c1-3-18(24)21-19-10-14-11-23(12-17(14)27-19)28(25,26)15-6-4-13(5-7-15)16-8-9-20-22(16)2/h3-9,14,17,19H,1,10-12H2,2H3,(H,21,24). The summed E-state index contributed by atoms with van der Waals surface area (Å²) >= 11 is 0. The molecule has 8 nitrogen and oxygen atoms in total. The predicted octanol–water partition coefficient (Wildman–Crippen LogP) is 1.12. The normalized spacial score (nSPS) is 24.8. The average Bonchev–Trinajstić information content (AvgIpc) is 3.36. The van der Waals surface area contributed by atoms with Crippen LogP contribution in [-0.4, -0.2) is 53.8 Å². The molecular formula is C19H22N4O4S. The van der Waals surface area contributed by atoms with Crippen LogP contribution in [-0.2, 0) is 26.6 Å². The summed E-state index contributed by atoms with van der Waals surface area (Å²) in [5.74, 6) is -0.221. The number of nitrogens with zero attached hydrogens (tertiary/aromatic N) is 3. The fraction of sp³-hybridized carbons (Fsp3) is 0.368. The van der Waals surface area contributed by atoms with E-state index in [1.807, 2.05) is 13.1 Å². The molecule has 148 valence electrons. The van der Waals surface area contributed by atoms with Crippen molar-refractivity contribution >= 4 is 15.9 Å². The molecule has 4 rings (SSSR count). The first-order chi connectivity index (χ1) is 13.4. The Kier molecular flexibility index (Phi) is 4.82. The number of aromatic nitrogens is 2. The minimum atomic E-state index is -3.59. The topological polar surface area (TPSA) is 93.5 Å². The van der Waals surface area contributed by atoms with Crippen molar-refractivity contribution in [2.24, 2.45) is 13.0 Å². The largest absolute Gasteiger partial charge is 0.354 e. The Morgan fingerprint density at radius 3 is 2.64 bits per heavy atom. The van der Waals surface area contributed by atoms with E-state index in [1.165, 1.54) is 10.4 Å². The molecule has 3 heterocycles. The van der Waals surface area contributed by atoms with E-state index in [2.05, 4.69) is 17.0 Å². The maximum atomic E-state index is 13.0. The SMILES string of the molecule is C=CC(=O)NC1CC2CN(S(=O)(=O)c3ccc(-c4ccnn4C)cc3)CC2O1. The molecule has 0 spiro atoms. The maximum absolute atomic E-state index is 13.0. The van der Waals surface area contributed by atoms with E-state index in [4.69, 9.17) is 4.74 Å². The van der Waals surface area contributed by atoms with Gasteiger partial charge < -0.3 is 10.1 Å². The van der Waals surface area contributed by atoms with Crippen LogP contribution < -0.4 is 5.32 Å². The lowest BCUT2D eigenvalue weighted by atomic mass is 10.1. The molecule has 2 fully saturated rings. The molecule has 2 aromatic rings. The number of aryl methyl sites for hydroxylation is 1. The fourth-order valence-corrected chi connectivity index (χ4v) is 5.35. The van der Waals surface area contributed by atoms with Gasteiger partial charge >= 0.3 is 0 Å². The average molecular weight is 402 g/mol. The zero-order chi connectivity index (χ0) is 19.9. The molecule has 0 saturated carbocycles. The Labute approximate surface area is 163 Å². The van der Waals surface area contributed by atoms with Gasteiger partial charge in [0.25, 0.3) is 0 Å². The van der Waals surface area contributed by atoms with E-state index in [9.17, 15) is 13.2 Å². The first-order valence-corrected chi connectivity index (χ1v) is 10.5. The highest BCUT2D eigenvalue weighted by molar-refractivity contribution is 7.89.